The van der Waals surface area contributed by atoms with Gasteiger partial charge in [-0.1, -0.05) is 40.7 Å². The van der Waals surface area contributed by atoms with Crippen LogP contribution in [0, 0.1) is 19.3 Å². The zero-order chi connectivity index (χ0) is 20.9. The highest BCUT2D eigenvalue weighted by Gasteiger charge is 2.38. The Morgan fingerprint density at radius 3 is 2.48 bits per heavy atom. The fraction of sp³-hybridized carbons (Fsp3) is 0.682. The van der Waals surface area contributed by atoms with Gasteiger partial charge in [-0.2, -0.15) is 4.72 Å². The summed E-state index contributed by atoms with van der Waals surface area (Å²) in [4.78, 5) is 14.9. The third-order valence-corrected chi connectivity index (χ3v) is 7.79. The molecule has 7 heteroatoms. The lowest BCUT2D eigenvalue weighted by Gasteiger charge is -2.30. The van der Waals surface area contributed by atoms with Crippen LogP contribution in [0.3, 0.4) is 0 Å². The molecule has 1 amide bonds. The van der Waals surface area contributed by atoms with Gasteiger partial charge < -0.3 is 10.2 Å². The zero-order valence-electron chi connectivity index (χ0n) is 17.8. The van der Waals surface area contributed by atoms with Crippen molar-refractivity contribution in [3.8, 4) is 0 Å². The molecule has 6 nitrogen and oxygen atoms in total. The van der Waals surface area contributed by atoms with Gasteiger partial charge in [0.05, 0.1) is 22.8 Å². The number of anilines is 2. The number of aryl methyl sites for hydroxylation is 2. The maximum Gasteiger partial charge on any atom is 0.229 e. The molecule has 0 saturated carbocycles. The summed E-state index contributed by atoms with van der Waals surface area (Å²) in [5, 5.41) is 2.74. The largest absolute Gasteiger partial charge is 0.353 e. The Kier molecular flexibility index (Phi) is 6.75. The molecule has 164 valence electrons. The first-order chi connectivity index (χ1) is 12.9. The third kappa shape index (κ3) is 4.61. The van der Waals surface area contributed by atoms with Gasteiger partial charge in [-0.25, -0.2) is 8.42 Å². The molecular formula is C22H37N3O3S. The van der Waals surface area contributed by atoms with E-state index in [-0.39, 0.29) is 24.7 Å². The van der Waals surface area contributed by atoms with Crippen molar-refractivity contribution < 1.29 is 13.2 Å². The van der Waals surface area contributed by atoms with Crippen LogP contribution in [-0.2, 0) is 21.2 Å². The van der Waals surface area contributed by atoms with Crippen LogP contribution in [0.1, 0.15) is 71.1 Å². The van der Waals surface area contributed by atoms with Gasteiger partial charge in [-0.15, -0.1) is 0 Å². The monoisotopic (exact) mass is 423 g/mol. The second-order valence-electron chi connectivity index (χ2n) is 9.30. The van der Waals surface area contributed by atoms with Gasteiger partial charge in [0.2, 0.25) is 15.9 Å². The lowest BCUT2D eigenvalue weighted by Crippen LogP contribution is -2.48. The molecule has 1 fully saturated rings. The number of fused-ring (bicyclic) bond motifs is 3. The van der Waals surface area contributed by atoms with Crippen LogP contribution < -0.4 is 14.9 Å². The van der Waals surface area contributed by atoms with E-state index in [2.05, 4.69) is 27.9 Å². The van der Waals surface area contributed by atoms with Crippen molar-refractivity contribution >= 4 is 27.3 Å². The maximum atomic E-state index is 12.7. The molecule has 1 aromatic carbocycles. The standard InChI is InChI=1S/C21H33N3O3S.CH4/c1-13-11-14(2)18(22-20(25)21(4,5)6)19-16(13)12-17-23-28(26,27)15(3)9-7-8-10-24(17)19;/h11,15,17,23H,7-10,12H2,1-6H3,(H,22,25);1H4. The summed E-state index contributed by atoms with van der Waals surface area (Å²) in [6, 6.07) is 2.08. The van der Waals surface area contributed by atoms with Crippen molar-refractivity contribution in [3.05, 3.63) is 22.8 Å². The van der Waals surface area contributed by atoms with Crippen LogP contribution in [0.15, 0.2) is 6.07 Å². The first-order valence-corrected chi connectivity index (χ1v) is 11.7. The Labute approximate surface area is 176 Å². The van der Waals surface area contributed by atoms with E-state index < -0.39 is 15.4 Å². The molecule has 1 aromatic rings. The van der Waals surface area contributed by atoms with E-state index in [4.69, 9.17) is 0 Å². The average molecular weight is 424 g/mol. The number of benzene rings is 1. The smallest absolute Gasteiger partial charge is 0.229 e. The van der Waals surface area contributed by atoms with E-state index in [1.165, 1.54) is 0 Å². The van der Waals surface area contributed by atoms with Gasteiger partial charge >= 0.3 is 0 Å². The van der Waals surface area contributed by atoms with Crippen LogP contribution >= 0.6 is 0 Å². The summed E-state index contributed by atoms with van der Waals surface area (Å²) in [5.74, 6) is -0.0384. The molecule has 2 heterocycles. The highest BCUT2D eigenvalue weighted by atomic mass is 32.2. The Balaban J connectivity index is 0.00000300. The Morgan fingerprint density at radius 2 is 1.86 bits per heavy atom. The molecule has 2 aliphatic heterocycles. The lowest BCUT2D eigenvalue weighted by atomic mass is 9.94. The summed E-state index contributed by atoms with van der Waals surface area (Å²) < 4.78 is 28.4. The minimum Gasteiger partial charge on any atom is -0.353 e. The Hall–Kier alpha value is -1.60. The second-order valence-corrected chi connectivity index (χ2v) is 11.4. The highest BCUT2D eigenvalue weighted by Crippen LogP contribution is 2.43. The van der Waals surface area contributed by atoms with Crippen LogP contribution in [0.25, 0.3) is 0 Å². The van der Waals surface area contributed by atoms with Crippen molar-refractivity contribution in [2.75, 3.05) is 16.8 Å². The molecule has 0 bridgehead atoms. The van der Waals surface area contributed by atoms with Crippen LogP contribution in [-0.4, -0.2) is 32.3 Å². The normalized spacial score (nSPS) is 23.7. The second kappa shape index (κ2) is 8.26. The molecule has 2 atom stereocenters. The number of hydrogen-bond donors (Lipinski definition) is 2. The molecule has 2 unspecified atom stereocenters. The molecule has 3 rings (SSSR count). The van der Waals surface area contributed by atoms with Gasteiger partial charge in [0.25, 0.3) is 0 Å². The van der Waals surface area contributed by atoms with Crippen LogP contribution in [0.5, 0.6) is 0 Å². The van der Waals surface area contributed by atoms with Crippen molar-refractivity contribution in [2.24, 2.45) is 5.41 Å². The Bertz CT molecular complexity index is 888. The average Bonchev–Trinajstić information content (AvgIpc) is 2.93. The molecule has 2 aliphatic rings. The number of amides is 1. The summed E-state index contributed by atoms with van der Waals surface area (Å²) in [7, 11) is -3.38. The first kappa shape index (κ1) is 23.7. The third-order valence-electron chi connectivity index (χ3n) is 5.90. The summed E-state index contributed by atoms with van der Waals surface area (Å²) in [5.41, 5.74) is 4.55. The molecule has 0 aromatic heterocycles. The van der Waals surface area contributed by atoms with E-state index in [1.807, 2.05) is 27.7 Å². The van der Waals surface area contributed by atoms with E-state index in [9.17, 15) is 13.2 Å². The molecule has 29 heavy (non-hydrogen) atoms. The minimum absolute atomic E-state index is 0. The summed E-state index contributed by atoms with van der Waals surface area (Å²) in [6.07, 6.45) is 2.78. The van der Waals surface area contributed by atoms with Gasteiger partial charge in [-0.3, -0.25) is 4.79 Å². The fourth-order valence-corrected chi connectivity index (χ4v) is 5.35. The van der Waals surface area contributed by atoms with E-state index in [1.54, 1.807) is 6.92 Å². The predicted octanol–water partition coefficient (Wildman–Crippen LogP) is 4.10. The van der Waals surface area contributed by atoms with E-state index >= 15 is 0 Å². The minimum atomic E-state index is -3.38. The van der Waals surface area contributed by atoms with Crippen molar-refractivity contribution in [3.63, 3.8) is 0 Å². The van der Waals surface area contributed by atoms with Crippen LogP contribution in [0.4, 0.5) is 11.4 Å². The number of carbonyl (C=O) groups is 1. The number of rotatable bonds is 1. The molecule has 1 saturated heterocycles. The van der Waals surface area contributed by atoms with Crippen molar-refractivity contribution in [2.45, 2.75) is 86.1 Å². The topological polar surface area (TPSA) is 78.5 Å². The first-order valence-electron chi connectivity index (χ1n) is 10.1. The number of sulfonamides is 1. The molecule has 0 aliphatic carbocycles. The zero-order valence-corrected chi connectivity index (χ0v) is 18.7. The molecular weight excluding hydrogens is 386 g/mol. The predicted molar refractivity (Wildman–Crippen MR) is 121 cm³/mol. The number of hydrogen-bond acceptors (Lipinski definition) is 4. The maximum absolute atomic E-state index is 12.7. The summed E-state index contributed by atoms with van der Waals surface area (Å²) in [6.45, 7) is 12.3. The van der Waals surface area contributed by atoms with Gasteiger partial charge in [0.1, 0.15) is 0 Å². The highest BCUT2D eigenvalue weighted by molar-refractivity contribution is 7.90. The van der Waals surface area contributed by atoms with E-state index in [0.29, 0.717) is 12.8 Å². The molecule has 0 radical (unpaired) electrons. The fourth-order valence-electron chi connectivity index (χ4n) is 4.05. The van der Waals surface area contributed by atoms with Crippen LogP contribution in [0.2, 0.25) is 0 Å². The van der Waals surface area contributed by atoms with Crippen molar-refractivity contribution in [1.82, 2.24) is 4.72 Å². The van der Waals surface area contributed by atoms with Gasteiger partial charge in [0, 0.05) is 18.4 Å². The quantitative estimate of drug-likeness (QED) is 0.713. The van der Waals surface area contributed by atoms with Crippen molar-refractivity contribution in [1.29, 1.82) is 0 Å². The Morgan fingerprint density at radius 1 is 1.21 bits per heavy atom. The molecule has 2 N–H and O–H groups in total. The summed E-state index contributed by atoms with van der Waals surface area (Å²) >= 11 is 0. The van der Waals surface area contributed by atoms with Gasteiger partial charge in [0.15, 0.2) is 0 Å². The number of nitrogens with one attached hydrogen (secondary N) is 2. The number of nitrogens with zero attached hydrogens (tertiary/aromatic N) is 1. The lowest BCUT2D eigenvalue weighted by molar-refractivity contribution is -0.123. The van der Waals surface area contributed by atoms with E-state index in [0.717, 1.165) is 47.5 Å². The van der Waals surface area contributed by atoms with Gasteiger partial charge in [-0.05, 0) is 50.3 Å². The SMILES string of the molecule is C.Cc1cc(C)c(NC(=O)C(C)(C)C)c2c1CC1NS(=O)(=O)C(C)CCCCN21. The molecule has 0 spiro atoms. The number of carbonyl (C=O) groups excluding carboxylic acids is 1.